The largest absolute Gasteiger partial charge is 0.456 e. The van der Waals surface area contributed by atoms with E-state index >= 15 is 0 Å². The lowest BCUT2D eigenvalue weighted by molar-refractivity contribution is -0.155. The van der Waals surface area contributed by atoms with E-state index < -0.39 is 5.60 Å². The second kappa shape index (κ2) is 4.44. The molecule has 0 bridgehead atoms. The van der Waals surface area contributed by atoms with E-state index in [0.717, 1.165) is 6.42 Å². The van der Waals surface area contributed by atoms with Crippen molar-refractivity contribution in [2.24, 2.45) is 11.8 Å². The third-order valence-electron chi connectivity index (χ3n) is 3.45. The Morgan fingerprint density at radius 3 is 2.50 bits per heavy atom. The van der Waals surface area contributed by atoms with Crippen LogP contribution in [0.4, 0.5) is 0 Å². The summed E-state index contributed by atoms with van der Waals surface area (Å²) in [4.78, 5) is 11.5. The van der Waals surface area contributed by atoms with Crippen molar-refractivity contribution in [1.82, 2.24) is 0 Å². The van der Waals surface area contributed by atoms with Crippen LogP contribution in [-0.4, -0.2) is 11.6 Å². The minimum atomic E-state index is -0.442. The molecule has 0 saturated carbocycles. The molecule has 1 aliphatic carbocycles. The second-order valence-electron chi connectivity index (χ2n) is 5.43. The van der Waals surface area contributed by atoms with Crippen LogP contribution in [0.15, 0.2) is 23.8 Å². The first-order valence-electron chi connectivity index (χ1n) is 5.81. The summed E-state index contributed by atoms with van der Waals surface area (Å²) >= 11 is 0. The van der Waals surface area contributed by atoms with Crippen LogP contribution in [0.2, 0.25) is 0 Å². The predicted octanol–water partition coefficient (Wildman–Crippen LogP) is 3.49. The van der Waals surface area contributed by atoms with Crippen LogP contribution in [0.1, 0.15) is 41.0 Å². The Hall–Kier alpha value is -1.05. The van der Waals surface area contributed by atoms with Gasteiger partial charge in [0, 0.05) is 11.5 Å². The Bertz CT molecular complexity index is 337. The minimum Gasteiger partial charge on any atom is -0.456 e. The van der Waals surface area contributed by atoms with E-state index in [9.17, 15) is 4.79 Å². The van der Waals surface area contributed by atoms with Crippen LogP contribution in [0.25, 0.3) is 0 Å². The Morgan fingerprint density at radius 2 is 2.12 bits per heavy atom. The molecule has 0 aromatic rings. The number of carbonyl (C=O) groups excluding carboxylic acids is 1. The molecular formula is C14H22O2. The highest BCUT2D eigenvalue weighted by Gasteiger charge is 2.36. The number of rotatable bonds is 3. The fourth-order valence-electron chi connectivity index (χ4n) is 2.00. The van der Waals surface area contributed by atoms with E-state index in [4.69, 9.17) is 4.74 Å². The molecule has 1 aliphatic rings. The van der Waals surface area contributed by atoms with Gasteiger partial charge in [-0.2, -0.15) is 0 Å². The van der Waals surface area contributed by atoms with Crippen molar-refractivity contribution in [3.8, 4) is 0 Å². The molecule has 16 heavy (non-hydrogen) atoms. The lowest BCUT2D eigenvalue weighted by Gasteiger charge is -2.31. The van der Waals surface area contributed by atoms with Gasteiger partial charge in [0.05, 0.1) is 0 Å². The zero-order chi connectivity index (χ0) is 12.5. The molecule has 2 heteroatoms. The molecule has 2 unspecified atom stereocenters. The average Bonchev–Trinajstić information content (AvgIpc) is 2.47. The molecule has 0 aromatic carbocycles. The summed E-state index contributed by atoms with van der Waals surface area (Å²) in [5.74, 6) is 0.606. The monoisotopic (exact) mass is 222 g/mol. The highest BCUT2D eigenvalue weighted by molar-refractivity contribution is 5.87. The fourth-order valence-corrected chi connectivity index (χ4v) is 2.00. The van der Waals surface area contributed by atoms with Gasteiger partial charge < -0.3 is 4.74 Å². The van der Waals surface area contributed by atoms with Crippen LogP contribution in [-0.2, 0) is 9.53 Å². The van der Waals surface area contributed by atoms with Crippen LogP contribution < -0.4 is 0 Å². The summed E-state index contributed by atoms with van der Waals surface area (Å²) in [6, 6.07) is 0. The number of carbonyl (C=O) groups is 1. The Balaban J connectivity index is 2.72. The van der Waals surface area contributed by atoms with Crippen molar-refractivity contribution < 1.29 is 9.53 Å². The topological polar surface area (TPSA) is 26.3 Å². The molecule has 0 aromatic heterocycles. The lowest BCUT2D eigenvalue weighted by Crippen LogP contribution is -2.35. The van der Waals surface area contributed by atoms with Crippen LogP contribution in [0.3, 0.4) is 0 Å². The van der Waals surface area contributed by atoms with E-state index in [0.29, 0.717) is 17.4 Å². The first-order valence-corrected chi connectivity index (χ1v) is 5.81. The predicted molar refractivity (Wildman–Crippen MR) is 66.0 cm³/mol. The van der Waals surface area contributed by atoms with Gasteiger partial charge in [-0.1, -0.05) is 25.2 Å². The summed E-state index contributed by atoms with van der Waals surface area (Å²) in [7, 11) is 0. The summed E-state index contributed by atoms with van der Waals surface area (Å²) in [6.07, 6.45) is 3.29. The van der Waals surface area contributed by atoms with Crippen molar-refractivity contribution in [2.75, 3.05) is 0 Å². The Labute approximate surface area is 98.4 Å². The van der Waals surface area contributed by atoms with Crippen LogP contribution >= 0.6 is 0 Å². The molecule has 0 radical (unpaired) electrons. The number of hydrogen-bond acceptors (Lipinski definition) is 2. The lowest BCUT2D eigenvalue weighted by atomic mass is 9.88. The summed E-state index contributed by atoms with van der Waals surface area (Å²) in [5, 5.41) is 0. The average molecular weight is 222 g/mol. The molecule has 90 valence electrons. The van der Waals surface area contributed by atoms with Crippen molar-refractivity contribution >= 4 is 5.97 Å². The van der Waals surface area contributed by atoms with E-state index in [1.54, 1.807) is 6.92 Å². The van der Waals surface area contributed by atoms with Gasteiger partial charge in [0.2, 0.25) is 0 Å². The minimum absolute atomic E-state index is 0.296. The summed E-state index contributed by atoms with van der Waals surface area (Å²) < 4.78 is 5.50. The van der Waals surface area contributed by atoms with Gasteiger partial charge in [-0.25, -0.2) is 4.79 Å². The van der Waals surface area contributed by atoms with Gasteiger partial charge in [0.15, 0.2) is 0 Å². The standard InChI is InChI=1S/C14H22O2/c1-9(2)13(15)16-14(5,6)12-7-10(3)11(4)8-12/h7,11-12H,1,8H2,2-6H3. The number of allylic oxidation sites excluding steroid dienone is 1. The molecule has 0 N–H and O–H groups in total. The van der Waals surface area contributed by atoms with E-state index in [1.165, 1.54) is 5.57 Å². The highest BCUT2D eigenvalue weighted by Crippen LogP contribution is 2.38. The molecule has 0 saturated heterocycles. The van der Waals surface area contributed by atoms with Gasteiger partial charge in [0.1, 0.15) is 5.60 Å². The maximum atomic E-state index is 11.5. The third-order valence-corrected chi connectivity index (χ3v) is 3.45. The summed E-state index contributed by atoms with van der Waals surface area (Å²) in [5.41, 5.74) is 1.41. The zero-order valence-electron chi connectivity index (χ0n) is 11.0. The fraction of sp³-hybridized carbons (Fsp3) is 0.643. The highest BCUT2D eigenvalue weighted by atomic mass is 16.6. The zero-order valence-corrected chi connectivity index (χ0v) is 11.0. The first kappa shape index (κ1) is 13.0. The van der Waals surface area contributed by atoms with Gasteiger partial charge in [-0.3, -0.25) is 0 Å². The number of ether oxygens (including phenoxy) is 1. The van der Waals surface area contributed by atoms with Gasteiger partial charge in [-0.15, -0.1) is 0 Å². The molecular weight excluding hydrogens is 200 g/mol. The van der Waals surface area contributed by atoms with Crippen molar-refractivity contribution in [2.45, 2.75) is 46.6 Å². The molecule has 0 amide bonds. The SMILES string of the molecule is C=C(C)C(=O)OC(C)(C)C1C=C(C)C(C)C1. The quantitative estimate of drug-likeness (QED) is 0.415. The van der Waals surface area contributed by atoms with Gasteiger partial charge >= 0.3 is 5.97 Å². The number of hydrogen-bond donors (Lipinski definition) is 0. The molecule has 0 spiro atoms. The Kier molecular flexibility index (Phi) is 3.61. The van der Waals surface area contributed by atoms with Crippen molar-refractivity contribution in [3.63, 3.8) is 0 Å². The van der Waals surface area contributed by atoms with Crippen LogP contribution in [0, 0.1) is 11.8 Å². The molecule has 0 heterocycles. The number of esters is 1. The normalized spacial score (nSPS) is 25.2. The summed E-state index contributed by atoms with van der Waals surface area (Å²) in [6.45, 7) is 13.6. The molecule has 2 atom stereocenters. The third kappa shape index (κ3) is 2.75. The van der Waals surface area contributed by atoms with E-state index in [2.05, 4.69) is 26.5 Å². The molecule has 0 fully saturated rings. The first-order chi connectivity index (χ1) is 7.24. The van der Waals surface area contributed by atoms with Gasteiger partial charge in [0.25, 0.3) is 0 Å². The van der Waals surface area contributed by atoms with E-state index in [1.807, 2.05) is 13.8 Å². The molecule has 0 aliphatic heterocycles. The van der Waals surface area contributed by atoms with Crippen LogP contribution in [0.5, 0.6) is 0 Å². The Morgan fingerprint density at radius 1 is 1.56 bits per heavy atom. The smallest absolute Gasteiger partial charge is 0.333 e. The van der Waals surface area contributed by atoms with Gasteiger partial charge in [-0.05, 0) is 40.0 Å². The maximum absolute atomic E-state index is 11.5. The van der Waals surface area contributed by atoms with E-state index in [-0.39, 0.29) is 5.97 Å². The maximum Gasteiger partial charge on any atom is 0.333 e. The second-order valence-corrected chi connectivity index (χ2v) is 5.43. The molecule has 1 rings (SSSR count). The molecule has 2 nitrogen and oxygen atoms in total. The van der Waals surface area contributed by atoms with Crippen molar-refractivity contribution in [1.29, 1.82) is 0 Å². The van der Waals surface area contributed by atoms with Crippen molar-refractivity contribution in [3.05, 3.63) is 23.8 Å².